The van der Waals surface area contributed by atoms with Crippen LogP contribution in [0.15, 0.2) is 71.6 Å². The Morgan fingerprint density at radius 2 is 1.66 bits per heavy atom. The van der Waals surface area contributed by atoms with Crippen molar-refractivity contribution in [3.8, 4) is 5.75 Å². The van der Waals surface area contributed by atoms with Crippen LogP contribution in [0, 0.1) is 0 Å². The van der Waals surface area contributed by atoms with E-state index in [4.69, 9.17) is 4.74 Å². The number of hydrogen-bond donors (Lipinski definition) is 1. The third-order valence-corrected chi connectivity index (χ3v) is 8.03. The van der Waals surface area contributed by atoms with Crippen LogP contribution in [0.25, 0.3) is 0 Å². The summed E-state index contributed by atoms with van der Waals surface area (Å²) in [6.45, 7) is 2.46. The maximum atomic E-state index is 12.9. The molecule has 3 aromatic carbocycles. The van der Waals surface area contributed by atoms with Crippen molar-refractivity contribution in [2.45, 2.75) is 24.4 Å². The highest BCUT2D eigenvalue weighted by atomic mass is 32.2. The highest BCUT2D eigenvalue weighted by molar-refractivity contribution is 7.89. The number of nitrogens with zero attached hydrogens (tertiary/aromatic N) is 3. The molecule has 0 radical (unpaired) electrons. The molecule has 1 atom stereocenters. The highest BCUT2D eigenvalue weighted by Gasteiger charge is 2.33. The molecule has 1 amide bonds. The summed E-state index contributed by atoms with van der Waals surface area (Å²) in [4.78, 5) is 16.9. The van der Waals surface area contributed by atoms with Crippen molar-refractivity contribution in [2.24, 2.45) is 0 Å². The summed E-state index contributed by atoms with van der Waals surface area (Å²) >= 11 is 0. The Balaban J connectivity index is 1.67. The Labute approximate surface area is 206 Å². The van der Waals surface area contributed by atoms with Gasteiger partial charge in [-0.1, -0.05) is 18.2 Å². The van der Waals surface area contributed by atoms with Crippen molar-refractivity contribution in [3.05, 3.63) is 72.3 Å². The fourth-order valence-corrected chi connectivity index (χ4v) is 5.07. The summed E-state index contributed by atoms with van der Waals surface area (Å²) in [6.07, 6.45) is 0. The van der Waals surface area contributed by atoms with Gasteiger partial charge in [0.1, 0.15) is 11.8 Å². The van der Waals surface area contributed by atoms with Gasteiger partial charge in [0, 0.05) is 39.1 Å². The van der Waals surface area contributed by atoms with Crippen LogP contribution in [0.1, 0.15) is 12.5 Å². The molecule has 3 aromatic rings. The maximum absolute atomic E-state index is 12.9. The Morgan fingerprint density at radius 3 is 2.31 bits per heavy atom. The van der Waals surface area contributed by atoms with Crippen LogP contribution in [0.2, 0.25) is 0 Å². The van der Waals surface area contributed by atoms with Crippen LogP contribution in [0.3, 0.4) is 0 Å². The van der Waals surface area contributed by atoms with Gasteiger partial charge >= 0.3 is 0 Å². The molecule has 1 heterocycles. The second kappa shape index (κ2) is 9.59. The first-order valence-corrected chi connectivity index (χ1v) is 12.7. The van der Waals surface area contributed by atoms with Crippen LogP contribution >= 0.6 is 0 Å². The first-order valence-electron chi connectivity index (χ1n) is 11.2. The number of ether oxygens (including phenoxy) is 1. The molecule has 1 aliphatic rings. The number of benzene rings is 3. The second-order valence-corrected chi connectivity index (χ2v) is 10.8. The third-order valence-electron chi connectivity index (χ3n) is 6.21. The van der Waals surface area contributed by atoms with E-state index in [-0.39, 0.29) is 16.8 Å². The van der Waals surface area contributed by atoms with E-state index in [0.29, 0.717) is 12.2 Å². The lowest BCUT2D eigenvalue weighted by molar-refractivity contribution is -0.119. The van der Waals surface area contributed by atoms with Gasteiger partial charge in [0.2, 0.25) is 15.9 Å². The number of rotatable bonds is 7. The molecule has 1 N–H and O–H groups in total. The van der Waals surface area contributed by atoms with Gasteiger partial charge in [-0.15, -0.1) is 0 Å². The van der Waals surface area contributed by atoms with E-state index in [1.54, 1.807) is 37.3 Å². The fraction of sp³-hybridized carbons (Fsp3) is 0.269. The first kappa shape index (κ1) is 24.6. The van der Waals surface area contributed by atoms with Crippen molar-refractivity contribution < 1.29 is 17.9 Å². The Morgan fingerprint density at radius 1 is 0.971 bits per heavy atom. The summed E-state index contributed by atoms with van der Waals surface area (Å²) in [7, 11) is 2.89. The number of nitrogens with one attached hydrogen (secondary N) is 1. The molecule has 8 nitrogen and oxygen atoms in total. The average Bonchev–Trinajstić information content (AvgIpc) is 2.85. The molecule has 0 spiro atoms. The number of hydrogen-bond acceptors (Lipinski definition) is 6. The normalized spacial score (nSPS) is 15.8. The predicted octanol–water partition coefficient (Wildman–Crippen LogP) is 4.06. The minimum Gasteiger partial charge on any atom is -0.497 e. The van der Waals surface area contributed by atoms with Crippen molar-refractivity contribution in [1.82, 2.24) is 4.31 Å². The molecule has 0 saturated heterocycles. The smallest absolute Gasteiger partial charge is 0.249 e. The van der Waals surface area contributed by atoms with Gasteiger partial charge in [-0.2, -0.15) is 0 Å². The van der Waals surface area contributed by atoms with E-state index in [1.807, 2.05) is 55.5 Å². The zero-order valence-electron chi connectivity index (χ0n) is 20.5. The zero-order valence-corrected chi connectivity index (χ0v) is 21.3. The molecule has 9 heteroatoms. The summed E-state index contributed by atoms with van der Waals surface area (Å²) in [5, 5.41) is 3.32. The predicted molar refractivity (Wildman–Crippen MR) is 139 cm³/mol. The molecule has 4 rings (SSSR count). The number of fused-ring (bicyclic) bond motifs is 1. The lowest BCUT2D eigenvalue weighted by Crippen LogP contribution is -2.50. The monoisotopic (exact) mass is 494 g/mol. The minimum atomic E-state index is -3.54. The molecule has 1 aliphatic heterocycles. The third kappa shape index (κ3) is 4.82. The van der Waals surface area contributed by atoms with E-state index in [2.05, 4.69) is 10.2 Å². The molecule has 35 heavy (non-hydrogen) atoms. The van der Waals surface area contributed by atoms with Gasteiger partial charge in [-0.3, -0.25) is 4.79 Å². The minimum absolute atomic E-state index is 0.0216. The number of likely N-dealkylation sites (N-methyl/N-ethyl adjacent to an activating group) is 1. The SMILES string of the molecule is COc1ccc(CN2c3cc(Nc4cccc(S(=O)(=O)N(C)C)c4)ccc3N(C)C(=O)[C@H]2C)cc1. The van der Waals surface area contributed by atoms with Gasteiger partial charge in [0.05, 0.1) is 23.4 Å². The molecule has 0 aliphatic carbocycles. The molecule has 0 aromatic heterocycles. The second-order valence-electron chi connectivity index (χ2n) is 8.69. The van der Waals surface area contributed by atoms with E-state index < -0.39 is 10.0 Å². The quantitative estimate of drug-likeness (QED) is 0.534. The van der Waals surface area contributed by atoms with E-state index >= 15 is 0 Å². The number of sulfonamides is 1. The molecule has 0 fully saturated rings. The maximum Gasteiger partial charge on any atom is 0.249 e. The zero-order chi connectivity index (χ0) is 25.3. The molecule has 184 valence electrons. The lowest BCUT2D eigenvalue weighted by atomic mass is 10.0. The van der Waals surface area contributed by atoms with Crippen LogP contribution in [-0.4, -0.2) is 52.9 Å². The lowest BCUT2D eigenvalue weighted by Gasteiger charge is -2.40. The van der Waals surface area contributed by atoms with Gasteiger partial charge < -0.3 is 19.9 Å². The fourth-order valence-electron chi connectivity index (χ4n) is 4.12. The van der Waals surface area contributed by atoms with Gasteiger partial charge in [-0.05, 0) is 61.0 Å². The number of amides is 1. The van der Waals surface area contributed by atoms with Crippen molar-refractivity contribution in [3.63, 3.8) is 0 Å². The van der Waals surface area contributed by atoms with Crippen LogP contribution in [-0.2, 0) is 21.4 Å². The van der Waals surface area contributed by atoms with Gasteiger partial charge in [0.15, 0.2) is 0 Å². The topological polar surface area (TPSA) is 82.2 Å². The largest absolute Gasteiger partial charge is 0.497 e. The number of anilines is 4. The molecular formula is C26H30N4O4S. The summed E-state index contributed by atoms with van der Waals surface area (Å²) in [6, 6.07) is 20.0. The number of carbonyl (C=O) groups excluding carboxylic acids is 1. The Kier molecular flexibility index (Phi) is 6.73. The van der Waals surface area contributed by atoms with E-state index in [1.165, 1.54) is 18.4 Å². The summed E-state index contributed by atoms with van der Waals surface area (Å²) in [5.41, 5.74) is 4.23. The molecule has 0 unspecified atom stereocenters. The molecular weight excluding hydrogens is 464 g/mol. The molecule has 0 saturated carbocycles. The summed E-state index contributed by atoms with van der Waals surface area (Å²) in [5.74, 6) is 0.801. The Bertz CT molecular complexity index is 1340. The van der Waals surface area contributed by atoms with Gasteiger partial charge in [-0.25, -0.2) is 12.7 Å². The number of carbonyl (C=O) groups is 1. The average molecular weight is 495 g/mol. The molecule has 0 bridgehead atoms. The standard InChI is InChI=1S/C26H30N4O4S/c1-18-26(31)29(4)24-14-11-21(27-20-7-6-8-23(15-20)35(32,33)28(2)3)16-25(24)30(18)17-19-9-12-22(34-5)13-10-19/h6-16,18,27H,17H2,1-5H3/t18-/m1/s1. The summed E-state index contributed by atoms with van der Waals surface area (Å²) < 4.78 is 31.5. The van der Waals surface area contributed by atoms with E-state index in [0.717, 1.165) is 28.4 Å². The van der Waals surface area contributed by atoms with Gasteiger partial charge in [0.25, 0.3) is 0 Å². The van der Waals surface area contributed by atoms with Crippen molar-refractivity contribution >= 4 is 38.7 Å². The van der Waals surface area contributed by atoms with E-state index in [9.17, 15) is 13.2 Å². The number of methoxy groups -OCH3 is 1. The van der Waals surface area contributed by atoms with Crippen LogP contribution in [0.5, 0.6) is 5.75 Å². The highest BCUT2D eigenvalue weighted by Crippen LogP contribution is 2.39. The van der Waals surface area contributed by atoms with Crippen molar-refractivity contribution in [1.29, 1.82) is 0 Å². The first-order chi connectivity index (χ1) is 16.6. The van der Waals surface area contributed by atoms with Crippen molar-refractivity contribution in [2.75, 3.05) is 43.4 Å². The van der Waals surface area contributed by atoms with Crippen LogP contribution in [0.4, 0.5) is 22.7 Å². The Hall–Kier alpha value is -3.56. The van der Waals surface area contributed by atoms with Crippen LogP contribution < -0.4 is 19.9 Å².